The van der Waals surface area contributed by atoms with Crippen molar-refractivity contribution in [2.24, 2.45) is 0 Å². The van der Waals surface area contributed by atoms with Crippen molar-refractivity contribution >= 4 is 15.9 Å². The second-order valence-electron chi connectivity index (χ2n) is 3.22. The van der Waals surface area contributed by atoms with E-state index in [1.54, 1.807) is 12.1 Å². The first-order chi connectivity index (χ1) is 7.13. The minimum absolute atomic E-state index is 0.264. The van der Waals surface area contributed by atoms with E-state index in [9.17, 15) is 4.39 Å². The van der Waals surface area contributed by atoms with Crippen molar-refractivity contribution in [3.05, 3.63) is 34.1 Å². The third-order valence-corrected chi connectivity index (χ3v) is 2.51. The van der Waals surface area contributed by atoms with Crippen molar-refractivity contribution in [3.63, 3.8) is 0 Å². The third kappa shape index (κ3) is 4.25. The summed E-state index contributed by atoms with van der Waals surface area (Å²) in [5, 5.41) is 20.6. The maximum absolute atomic E-state index is 12.9. The van der Waals surface area contributed by atoms with E-state index in [1.807, 2.05) is 0 Å². The van der Waals surface area contributed by atoms with Crippen LogP contribution < -0.4 is 5.32 Å². The summed E-state index contributed by atoms with van der Waals surface area (Å²) in [5.74, 6) is -0.297. The van der Waals surface area contributed by atoms with Gasteiger partial charge in [-0.05, 0) is 33.6 Å². The molecule has 0 amide bonds. The van der Waals surface area contributed by atoms with Gasteiger partial charge in [-0.15, -0.1) is 0 Å². The molecule has 15 heavy (non-hydrogen) atoms. The maximum Gasteiger partial charge on any atom is 0.137 e. The Morgan fingerprint density at radius 2 is 2.20 bits per heavy atom. The molecule has 1 unspecified atom stereocenters. The zero-order valence-electron chi connectivity index (χ0n) is 8.08. The zero-order valence-corrected chi connectivity index (χ0v) is 9.67. The van der Waals surface area contributed by atoms with Gasteiger partial charge in [-0.2, -0.15) is 0 Å². The molecule has 0 saturated heterocycles. The van der Waals surface area contributed by atoms with Gasteiger partial charge in [-0.25, -0.2) is 4.39 Å². The van der Waals surface area contributed by atoms with Crippen LogP contribution in [0.4, 0.5) is 4.39 Å². The van der Waals surface area contributed by atoms with Gasteiger partial charge in [0.05, 0.1) is 17.2 Å². The summed E-state index contributed by atoms with van der Waals surface area (Å²) in [6.07, 6.45) is -0.756. The fourth-order valence-electron chi connectivity index (χ4n) is 1.10. The summed E-state index contributed by atoms with van der Waals surface area (Å²) in [6, 6.07) is 4.72. The van der Waals surface area contributed by atoms with Crippen LogP contribution in [0.1, 0.15) is 5.56 Å². The van der Waals surface area contributed by atoms with Gasteiger partial charge in [-0.3, -0.25) is 0 Å². The predicted octanol–water partition coefficient (Wildman–Crippen LogP) is 1.03. The van der Waals surface area contributed by atoms with Crippen LogP contribution in [0.2, 0.25) is 0 Å². The second kappa shape index (κ2) is 6.17. The lowest BCUT2D eigenvalue weighted by molar-refractivity contribution is 0.0942. The summed E-state index contributed by atoms with van der Waals surface area (Å²) < 4.78 is 13.3. The molecule has 1 aromatic rings. The SMILES string of the molecule is OCC(O)CNCc1ccc(F)c(Br)c1. The summed E-state index contributed by atoms with van der Waals surface area (Å²) in [5.41, 5.74) is 0.911. The topological polar surface area (TPSA) is 52.5 Å². The molecule has 0 aliphatic rings. The molecule has 0 aromatic heterocycles. The van der Waals surface area contributed by atoms with Gasteiger partial charge >= 0.3 is 0 Å². The first kappa shape index (κ1) is 12.6. The Kier molecular flexibility index (Phi) is 5.17. The number of rotatable bonds is 5. The number of hydrogen-bond donors (Lipinski definition) is 3. The number of halogens is 2. The smallest absolute Gasteiger partial charge is 0.137 e. The van der Waals surface area contributed by atoms with E-state index in [0.29, 0.717) is 17.6 Å². The molecule has 0 radical (unpaired) electrons. The van der Waals surface area contributed by atoms with E-state index >= 15 is 0 Å². The molecule has 0 aliphatic heterocycles. The van der Waals surface area contributed by atoms with Gasteiger partial charge in [0.15, 0.2) is 0 Å². The van der Waals surface area contributed by atoms with Crippen LogP contribution in [-0.2, 0) is 6.54 Å². The van der Waals surface area contributed by atoms with E-state index in [2.05, 4.69) is 21.2 Å². The van der Waals surface area contributed by atoms with Gasteiger partial charge in [0, 0.05) is 13.1 Å². The summed E-state index contributed by atoms with van der Waals surface area (Å²) in [4.78, 5) is 0. The van der Waals surface area contributed by atoms with Gasteiger partial charge < -0.3 is 15.5 Å². The molecule has 0 fully saturated rings. The normalized spacial score (nSPS) is 12.8. The molecule has 1 aromatic carbocycles. The Balaban J connectivity index is 2.41. The first-order valence-corrected chi connectivity index (χ1v) is 5.36. The minimum atomic E-state index is -0.756. The largest absolute Gasteiger partial charge is 0.394 e. The monoisotopic (exact) mass is 277 g/mol. The van der Waals surface area contributed by atoms with Crippen LogP contribution in [0.3, 0.4) is 0 Å². The Morgan fingerprint density at radius 3 is 2.80 bits per heavy atom. The predicted molar refractivity (Wildman–Crippen MR) is 58.9 cm³/mol. The maximum atomic E-state index is 12.9. The number of benzene rings is 1. The van der Waals surface area contributed by atoms with Crippen molar-refractivity contribution < 1.29 is 14.6 Å². The molecule has 0 bridgehead atoms. The standard InChI is InChI=1S/C10H13BrFNO2/c11-9-3-7(1-2-10(9)12)4-13-5-8(15)6-14/h1-3,8,13-15H,4-6H2. The van der Waals surface area contributed by atoms with Crippen molar-refractivity contribution in [2.45, 2.75) is 12.6 Å². The molecule has 84 valence electrons. The van der Waals surface area contributed by atoms with E-state index in [0.717, 1.165) is 5.56 Å². The second-order valence-corrected chi connectivity index (χ2v) is 4.07. The van der Waals surface area contributed by atoms with Gasteiger partial charge in [0.2, 0.25) is 0 Å². The number of hydrogen-bond acceptors (Lipinski definition) is 3. The van der Waals surface area contributed by atoms with Crippen molar-refractivity contribution in [1.29, 1.82) is 0 Å². The van der Waals surface area contributed by atoms with Crippen LogP contribution in [0, 0.1) is 5.82 Å². The Bertz CT molecular complexity index is 322. The van der Waals surface area contributed by atoms with Crippen LogP contribution in [-0.4, -0.2) is 29.5 Å². The first-order valence-electron chi connectivity index (χ1n) is 4.57. The van der Waals surface area contributed by atoms with E-state index < -0.39 is 6.10 Å². The minimum Gasteiger partial charge on any atom is -0.394 e. The highest BCUT2D eigenvalue weighted by Crippen LogP contribution is 2.16. The average molecular weight is 278 g/mol. The van der Waals surface area contributed by atoms with Gasteiger partial charge in [-0.1, -0.05) is 6.07 Å². The Hall–Kier alpha value is -0.490. The fourth-order valence-corrected chi connectivity index (χ4v) is 1.52. The Labute approximate surface area is 96.1 Å². The number of aliphatic hydroxyl groups is 2. The fraction of sp³-hybridized carbons (Fsp3) is 0.400. The van der Waals surface area contributed by atoms with Gasteiger partial charge in [0.25, 0.3) is 0 Å². The van der Waals surface area contributed by atoms with Crippen molar-refractivity contribution in [1.82, 2.24) is 5.32 Å². The molecular weight excluding hydrogens is 265 g/mol. The van der Waals surface area contributed by atoms with E-state index in [4.69, 9.17) is 10.2 Å². The van der Waals surface area contributed by atoms with Crippen molar-refractivity contribution in [2.75, 3.05) is 13.2 Å². The quantitative estimate of drug-likeness (QED) is 0.754. The van der Waals surface area contributed by atoms with Crippen LogP contribution in [0.15, 0.2) is 22.7 Å². The van der Waals surface area contributed by atoms with Crippen molar-refractivity contribution in [3.8, 4) is 0 Å². The molecule has 3 nitrogen and oxygen atoms in total. The molecule has 0 heterocycles. The molecule has 0 aliphatic carbocycles. The number of aliphatic hydroxyl groups excluding tert-OH is 2. The summed E-state index contributed by atoms with van der Waals surface area (Å²) >= 11 is 3.09. The summed E-state index contributed by atoms with van der Waals surface area (Å²) in [6.45, 7) is 0.571. The van der Waals surface area contributed by atoms with E-state index in [1.165, 1.54) is 6.07 Å². The highest BCUT2D eigenvalue weighted by atomic mass is 79.9. The highest BCUT2D eigenvalue weighted by molar-refractivity contribution is 9.10. The third-order valence-electron chi connectivity index (χ3n) is 1.90. The van der Waals surface area contributed by atoms with Crippen LogP contribution in [0.5, 0.6) is 0 Å². The van der Waals surface area contributed by atoms with Crippen LogP contribution >= 0.6 is 15.9 Å². The number of nitrogens with one attached hydrogen (secondary N) is 1. The molecule has 0 spiro atoms. The molecule has 3 N–H and O–H groups in total. The lowest BCUT2D eigenvalue weighted by Crippen LogP contribution is -2.28. The molecule has 0 saturated carbocycles. The van der Waals surface area contributed by atoms with Crippen LogP contribution in [0.25, 0.3) is 0 Å². The van der Waals surface area contributed by atoms with E-state index in [-0.39, 0.29) is 12.4 Å². The average Bonchev–Trinajstić information content (AvgIpc) is 2.23. The summed E-state index contributed by atoms with van der Waals surface area (Å²) in [7, 11) is 0. The zero-order chi connectivity index (χ0) is 11.3. The highest BCUT2D eigenvalue weighted by Gasteiger charge is 2.02. The molecule has 1 rings (SSSR count). The molecule has 1 atom stereocenters. The Morgan fingerprint density at radius 1 is 1.47 bits per heavy atom. The lowest BCUT2D eigenvalue weighted by Gasteiger charge is -2.09. The molecular formula is C10H13BrFNO2. The van der Waals surface area contributed by atoms with Gasteiger partial charge in [0.1, 0.15) is 5.82 Å². The molecule has 5 heteroatoms. The lowest BCUT2D eigenvalue weighted by atomic mass is 10.2.